The quantitative estimate of drug-likeness (QED) is 0.857. The van der Waals surface area contributed by atoms with Gasteiger partial charge in [0.15, 0.2) is 0 Å². The number of rotatable bonds is 6. The smallest absolute Gasteiger partial charge is 0.144 e. The molecule has 4 heteroatoms. The summed E-state index contributed by atoms with van der Waals surface area (Å²) in [5.41, 5.74) is 0.468. The van der Waals surface area contributed by atoms with Crippen molar-refractivity contribution in [3.05, 3.63) is 34.1 Å². The Morgan fingerprint density at radius 2 is 1.95 bits per heavy atom. The van der Waals surface area contributed by atoms with Crippen LogP contribution in [-0.4, -0.2) is 18.4 Å². The number of nitrogens with one attached hydrogen (secondary N) is 1. The van der Waals surface area contributed by atoms with Gasteiger partial charge in [-0.15, -0.1) is 0 Å². The van der Waals surface area contributed by atoms with Gasteiger partial charge < -0.3 is 5.32 Å². The zero-order valence-electron chi connectivity index (χ0n) is 11.8. The molecule has 0 spiro atoms. The summed E-state index contributed by atoms with van der Waals surface area (Å²) in [4.78, 5) is 12.3. The van der Waals surface area contributed by atoms with E-state index in [2.05, 4.69) is 21.2 Å². The summed E-state index contributed by atoms with van der Waals surface area (Å²) in [5.74, 6) is -0.814. The summed E-state index contributed by atoms with van der Waals surface area (Å²) in [6.45, 7) is 8.18. The number of benzene rings is 1. The van der Waals surface area contributed by atoms with Gasteiger partial charge in [-0.1, -0.05) is 49.7 Å². The Hall–Kier alpha value is -0.740. The Morgan fingerprint density at radius 1 is 1.32 bits per heavy atom. The van der Waals surface area contributed by atoms with E-state index < -0.39 is 5.92 Å². The predicted octanol–water partition coefficient (Wildman–Crippen LogP) is 3.89. The maximum Gasteiger partial charge on any atom is 0.144 e. The fraction of sp³-hybridized carbons (Fsp3) is 0.533. The molecule has 0 aromatic heterocycles. The lowest BCUT2D eigenvalue weighted by molar-refractivity contribution is -0.123. The molecule has 0 aliphatic rings. The summed E-state index contributed by atoms with van der Waals surface area (Å²) in [6, 6.07) is 5.13. The Bertz CT molecular complexity index is 446. The molecule has 0 radical (unpaired) electrons. The Balaban J connectivity index is 3.04. The SMILES string of the molecule is CC(C)NC[C@@H](C(=O)C(C)C)c1ccc(Br)cc1F. The molecular formula is C15H21BrFNO. The second-order valence-corrected chi connectivity index (χ2v) is 6.25. The Labute approximate surface area is 122 Å². The number of hydrogen-bond acceptors (Lipinski definition) is 2. The molecule has 0 unspecified atom stereocenters. The van der Waals surface area contributed by atoms with Gasteiger partial charge in [-0.25, -0.2) is 4.39 Å². The molecule has 0 amide bonds. The zero-order valence-corrected chi connectivity index (χ0v) is 13.4. The van der Waals surface area contributed by atoms with E-state index >= 15 is 0 Å². The fourth-order valence-electron chi connectivity index (χ4n) is 1.90. The van der Waals surface area contributed by atoms with E-state index in [0.717, 1.165) is 0 Å². The monoisotopic (exact) mass is 329 g/mol. The summed E-state index contributed by atoms with van der Waals surface area (Å²) < 4.78 is 14.7. The molecular weight excluding hydrogens is 309 g/mol. The number of halogens is 2. The lowest BCUT2D eigenvalue weighted by Gasteiger charge is -2.21. The van der Waals surface area contributed by atoms with Crippen molar-refractivity contribution in [1.82, 2.24) is 5.32 Å². The molecule has 106 valence electrons. The minimum atomic E-state index is -0.435. The van der Waals surface area contributed by atoms with Crippen molar-refractivity contribution in [3.63, 3.8) is 0 Å². The van der Waals surface area contributed by atoms with Crippen LogP contribution in [0.3, 0.4) is 0 Å². The van der Waals surface area contributed by atoms with Crippen molar-refractivity contribution >= 4 is 21.7 Å². The second-order valence-electron chi connectivity index (χ2n) is 5.34. The van der Waals surface area contributed by atoms with Crippen molar-refractivity contribution < 1.29 is 9.18 Å². The minimum Gasteiger partial charge on any atom is -0.313 e. The first-order chi connectivity index (χ1) is 8.82. The molecule has 0 saturated heterocycles. The number of carbonyl (C=O) groups is 1. The summed E-state index contributed by atoms with van der Waals surface area (Å²) >= 11 is 3.23. The normalized spacial score (nSPS) is 13.1. The van der Waals surface area contributed by atoms with Crippen LogP contribution in [0.1, 0.15) is 39.2 Å². The van der Waals surface area contributed by atoms with Gasteiger partial charge in [0.05, 0.1) is 5.92 Å². The van der Waals surface area contributed by atoms with Crippen LogP contribution in [0.2, 0.25) is 0 Å². The van der Waals surface area contributed by atoms with Gasteiger partial charge in [0.1, 0.15) is 11.6 Å². The lowest BCUT2D eigenvalue weighted by atomic mass is 9.88. The van der Waals surface area contributed by atoms with Crippen molar-refractivity contribution in [3.8, 4) is 0 Å². The summed E-state index contributed by atoms with van der Waals surface area (Å²) in [7, 11) is 0. The van der Waals surface area contributed by atoms with Crippen molar-refractivity contribution in [1.29, 1.82) is 0 Å². The highest BCUT2D eigenvalue weighted by Gasteiger charge is 2.25. The van der Waals surface area contributed by atoms with Crippen LogP contribution in [0.4, 0.5) is 4.39 Å². The largest absolute Gasteiger partial charge is 0.313 e. The van der Waals surface area contributed by atoms with Gasteiger partial charge in [0.25, 0.3) is 0 Å². The third kappa shape index (κ3) is 4.69. The van der Waals surface area contributed by atoms with E-state index in [1.807, 2.05) is 27.7 Å². The van der Waals surface area contributed by atoms with E-state index in [1.54, 1.807) is 12.1 Å². The topological polar surface area (TPSA) is 29.1 Å². The first kappa shape index (κ1) is 16.3. The predicted molar refractivity (Wildman–Crippen MR) is 79.8 cm³/mol. The lowest BCUT2D eigenvalue weighted by Crippen LogP contribution is -2.33. The van der Waals surface area contributed by atoms with Gasteiger partial charge in [0.2, 0.25) is 0 Å². The molecule has 1 aromatic carbocycles. The first-order valence-electron chi connectivity index (χ1n) is 6.55. The minimum absolute atomic E-state index is 0.0642. The highest BCUT2D eigenvalue weighted by Crippen LogP contribution is 2.25. The molecule has 19 heavy (non-hydrogen) atoms. The molecule has 0 bridgehead atoms. The van der Waals surface area contributed by atoms with Crippen LogP contribution < -0.4 is 5.32 Å². The van der Waals surface area contributed by atoms with E-state index in [9.17, 15) is 9.18 Å². The molecule has 0 aliphatic carbocycles. The van der Waals surface area contributed by atoms with Crippen LogP contribution in [0.15, 0.2) is 22.7 Å². The molecule has 0 aliphatic heterocycles. The number of hydrogen-bond donors (Lipinski definition) is 1. The third-order valence-corrected chi connectivity index (χ3v) is 3.47. The molecule has 0 saturated carbocycles. The van der Waals surface area contributed by atoms with E-state index in [1.165, 1.54) is 6.07 Å². The van der Waals surface area contributed by atoms with E-state index in [0.29, 0.717) is 16.6 Å². The molecule has 0 fully saturated rings. The van der Waals surface area contributed by atoms with Gasteiger partial charge in [-0.05, 0) is 17.7 Å². The zero-order chi connectivity index (χ0) is 14.6. The third-order valence-electron chi connectivity index (χ3n) is 2.98. The molecule has 1 N–H and O–H groups in total. The molecule has 1 rings (SSSR count). The van der Waals surface area contributed by atoms with E-state index in [-0.39, 0.29) is 23.6 Å². The molecule has 1 atom stereocenters. The van der Waals surface area contributed by atoms with Crippen molar-refractivity contribution in [2.24, 2.45) is 5.92 Å². The number of ketones is 1. The number of carbonyl (C=O) groups excluding carboxylic acids is 1. The highest BCUT2D eigenvalue weighted by molar-refractivity contribution is 9.10. The fourth-order valence-corrected chi connectivity index (χ4v) is 2.24. The van der Waals surface area contributed by atoms with Crippen LogP contribution in [0, 0.1) is 11.7 Å². The van der Waals surface area contributed by atoms with Gasteiger partial charge in [-0.2, -0.15) is 0 Å². The van der Waals surface area contributed by atoms with Gasteiger partial charge >= 0.3 is 0 Å². The van der Waals surface area contributed by atoms with Crippen LogP contribution in [0.25, 0.3) is 0 Å². The summed E-state index contributed by atoms with van der Waals surface area (Å²) in [5, 5.41) is 3.22. The molecule has 1 aromatic rings. The molecule has 0 heterocycles. The average Bonchev–Trinajstić information content (AvgIpc) is 2.30. The van der Waals surface area contributed by atoms with Crippen LogP contribution in [-0.2, 0) is 4.79 Å². The summed E-state index contributed by atoms with van der Waals surface area (Å²) in [6.07, 6.45) is 0. The highest BCUT2D eigenvalue weighted by atomic mass is 79.9. The van der Waals surface area contributed by atoms with Crippen LogP contribution in [0.5, 0.6) is 0 Å². The standard InChI is InChI=1S/C15H21BrFNO/c1-9(2)15(19)13(8-18-10(3)4)12-6-5-11(16)7-14(12)17/h5-7,9-10,13,18H,8H2,1-4H3/t13-/m1/s1. The van der Waals surface area contributed by atoms with Crippen LogP contribution >= 0.6 is 15.9 Å². The maximum absolute atomic E-state index is 14.0. The van der Waals surface area contributed by atoms with Crippen molar-refractivity contribution in [2.45, 2.75) is 39.7 Å². The Kier molecular flexibility index (Phi) is 6.14. The van der Waals surface area contributed by atoms with Gasteiger partial charge in [0, 0.05) is 23.0 Å². The average molecular weight is 330 g/mol. The van der Waals surface area contributed by atoms with E-state index in [4.69, 9.17) is 0 Å². The van der Waals surface area contributed by atoms with Crippen molar-refractivity contribution in [2.75, 3.05) is 6.54 Å². The Morgan fingerprint density at radius 3 is 2.42 bits per heavy atom. The first-order valence-corrected chi connectivity index (χ1v) is 7.34. The maximum atomic E-state index is 14.0. The second kappa shape index (κ2) is 7.15. The molecule has 2 nitrogen and oxygen atoms in total. The number of Topliss-reactive ketones (excluding diaryl/α,β-unsaturated/α-hetero) is 1. The van der Waals surface area contributed by atoms with Gasteiger partial charge in [-0.3, -0.25) is 4.79 Å².